The van der Waals surface area contributed by atoms with Gasteiger partial charge in [-0.1, -0.05) is 19.4 Å². The molecule has 4 nitrogen and oxygen atoms in total. The van der Waals surface area contributed by atoms with Crippen molar-refractivity contribution in [1.82, 2.24) is 10.2 Å². The molecule has 0 spiro atoms. The predicted octanol–water partition coefficient (Wildman–Crippen LogP) is 3.34. The SMILES string of the molecule is CC1CCCC1Nc1cccc(-c2nnco2)c1. The van der Waals surface area contributed by atoms with E-state index in [1.165, 1.54) is 25.7 Å². The van der Waals surface area contributed by atoms with Crippen LogP contribution >= 0.6 is 0 Å². The molecule has 1 saturated carbocycles. The monoisotopic (exact) mass is 243 g/mol. The van der Waals surface area contributed by atoms with Crippen molar-refractivity contribution < 1.29 is 4.42 Å². The summed E-state index contributed by atoms with van der Waals surface area (Å²) < 4.78 is 5.22. The van der Waals surface area contributed by atoms with Crippen LogP contribution in [0.25, 0.3) is 11.5 Å². The maximum atomic E-state index is 5.22. The molecule has 1 aliphatic carbocycles. The summed E-state index contributed by atoms with van der Waals surface area (Å²) in [6, 6.07) is 8.74. The average molecular weight is 243 g/mol. The van der Waals surface area contributed by atoms with Crippen LogP contribution in [0, 0.1) is 5.92 Å². The van der Waals surface area contributed by atoms with Gasteiger partial charge in [-0.2, -0.15) is 0 Å². The lowest BCUT2D eigenvalue weighted by Gasteiger charge is -2.18. The third kappa shape index (κ3) is 2.23. The predicted molar refractivity (Wildman–Crippen MR) is 70.2 cm³/mol. The molecule has 2 unspecified atom stereocenters. The van der Waals surface area contributed by atoms with Crippen molar-refractivity contribution in [2.45, 2.75) is 32.2 Å². The fourth-order valence-corrected chi connectivity index (χ4v) is 2.61. The molecule has 1 aromatic carbocycles. The fourth-order valence-electron chi connectivity index (χ4n) is 2.61. The van der Waals surface area contributed by atoms with E-state index in [1.807, 2.05) is 12.1 Å². The van der Waals surface area contributed by atoms with Gasteiger partial charge in [0.1, 0.15) is 0 Å². The number of hydrogen-bond acceptors (Lipinski definition) is 4. The highest BCUT2D eigenvalue weighted by molar-refractivity contribution is 5.61. The van der Waals surface area contributed by atoms with Gasteiger partial charge in [0.2, 0.25) is 12.3 Å². The van der Waals surface area contributed by atoms with Gasteiger partial charge in [-0.15, -0.1) is 10.2 Å². The zero-order valence-electron chi connectivity index (χ0n) is 10.5. The van der Waals surface area contributed by atoms with Gasteiger partial charge in [0.05, 0.1) is 0 Å². The van der Waals surface area contributed by atoms with Gasteiger partial charge in [-0.3, -0.25) is 0 Å². The largest absolute Gasteiger partial charge is 0.423 e. The molecule has 4 heteroatoms. The molecule has 1 heterocycles. The van der Waals surface area contributed by atoms with Crippen LogP contribution in [0.4, 0.5) is 5.69 Å². The van der Waals surface area contributed by atoms with E-state index in [2.05, 4.69) is 34.6 Å². The zero-order chi connectivity index (χ0) is 12.4. The molecule has 1 aliphatic rings. The number of nitrogens with zero attached hydrogens (tertiary/aromatic N) is 2. The van der Waals surface area contributed by atoms with Gasteiger partial charge in [-0.25, -0.2) is 0 Å². The molecule has 1 fully saturated rings. The molecule has 2 atom stereocenters. The van der Waals surface area contributed by atoms with Crippen molar-refractivity contribution in [3.05, 3.63) is 30.7 Å². The second-order valence-electron chi connectivity index (χ2n) is 4.98. The van der Waals surface area contributed by atoms with E-state index >= 15 is 0 Å². The lowest BCUT2D eigenvalue weighted by atomic mass is 10.1. The van der Waals surface area contributed by atoms with Crippen molar-refractivity contribution in [3.8, 4) is 11.5 Å². The first-order valence-corrected chi connectivity index (χ1v) is 6.46. The third-order valence-corrected chi connectivity index (χ3v) is 3.68. The van der Waals surface area contributed by atoms with Gasteiger partial charge < -0.3 is 9.73 Å². The Morgan fingerprint density at radius 3 is 3.00 bits per heavy atom. The molecule has 0 aliphatic heterocycles. The number of benzene rings is 1. The second kappa shape index (κ2) is 4.80. The Kier molecular flexibility index (Phi) is 3.00. The van der Waals surface area contributed by atoms with Crippen LogP contribution in [0.3, 0.4) is 0 Å². The smallest absolute Gasteiger partial charge is 0.247 e. The topological polar surface area (TPSA) is 51.0 Å². The summed E-state index contributed by atoms with van der Waals surface area (Å²) >= 11 is 0. The summed E-state index contributed by atoms with van der Waals surface area (Å²) in [5.41, 5.74) is 2.09. The molecule has 94 valence electrons. The Balaban J connectivity index is 1.79. The number of rotatable bonds is 3. The minimum Gasteiger partial charge on any atom is -0.423 e. The number of hydrogen-bond donors (Lipinski definition) is 1. The number of anilines is 1. The van der Waals surface area contributed by atoms with Crippen molar-refractivity contribution in [2.24, 2.45) is 5.92 Å². The van der Waals surface area contributed by atoms with Crippen molar-refractivity contribution in [2.75, 3.05) is 5.32 Å². The second-order valence-corrected chi connectivity index (χ2v) is 4.98. The maximum absolute atomic E-state index is 5.22. The Hall–Kier alpha value is -1.84. The standard InChI is InChI=1S/C14H17N3O/c1-10-4-2-7-13(10)16-12-6-3-5-11(8-12)14-17-15-9-18-14/h3,5-6,8-10,13,16H,2,4,7H2,1H3. The highest BCUT2D eigenvalue weighted by atomic mass is 16.4. The highest BCUT2D eigenvalue weighted by Gasteiger charge is 2.22. The number of nitrogens with one attached hydrogen (secondary N) is 1. The molecule has 0 amide bonds. The highest BCUT2D eigenvalue weighted by Crippen LogP contribution is 2.29. The fraction of sp³-hybridized carbons (Fsp3) is 0.429. The third-order valence-electron chi connectivity index (χ3n) is 3.68. The van der Waals surface area contributed by atoms with E-state index in [-0.39, 0.29) is 0 Å². The molecule has 3 rings (SSSR count). The molecule has 18 heavy (non-hydrogen) atoms. The molecule has 0 bridgehead atoms. The summed E-state index contributed by atoms with van der Waals surface area (Å²) in [6.45, 7) is 2.31. The number of aromatic nitrogens is 2. The molecular weight excluding hydrogens is 226 g/mol. The minimum atomic E-state index is 0.568. The zero-order valence-corrected chi connectivity index (χ0v) is 10.5. The van der Waals surface area contributed by atoms with Crippen LogP contribution in [0.1, 0.15) is 26.2 Å². The molecule has 1 aromatic heterocycles. The van der Waals surface area contributed by atoms with Crippen LogP contribution in [0.2, 0.25) is 0 Å². The van der Waals surface area contributed by atoms with E-state index in [0.717, 1.165) is 17.2 Å². The lowest BCUT2D eigenvalue weighted by Crippen LogP contribution is -2.21. The average Bonchev–Trinajstić information content (AvgIpc) is 3.02. The first-order chi connectivity index (χ1) is 8.83. The maximum Gasteiger partial charge on any atom is 0.247 e. The van der Waals surface area contributed by atoms with Gasteiger partial charge >= 0.3 is 0 Å². The summed E-state index contributed by atoms with van der Waals surface area (Å²) in [4.78, 5) is 0. The van der Waals surface area contributed by atoms with Crippen LogP contribution in [-0.2, 0) is 0 Å². The summed E-state index contributed by atoms with van der Waals surface area (Å²) in [5.74, 6) is 1.31. The van der Waals surface area contributed by atoms with E-state index in [0.29, 0.717) is 11.9 Å². The Labute approximate surface area is 106 Å². The quantitative estimate of drug-likeness (QED) is 0.898. The van der Waals surface area contributed by atoms with Crippen LogP contribution in [0.15, 0.2) is 35.1 Å². The van der Waals surface area contributed by atoms with Crippen molar-refractivity contribution in [1.29, 1.82) is 0 Å². The van der Waals surface area contributed by atoms with Gasteiger partial charge in [0.15, 0.2) is 0 Å². The van der Waals surface area contributed by atoms with E-state index in [1.54, 1.807) is 0 Å². The van der Waals surface area contributed by atoms with Crippen molar-refractivity contribution >= 4 is 5.69 Å². The first kappa shape index (κ1) is 11.3. The van der Waals surface area contributed by atoms with E-state index in [4.69, 9.17) is 4.42 Å². The normalized spacial score (nSPS) is 23.2. The Morgan fingerprint density at radius 2 is 2.28 bits per heavy atom. The van der Waals surface area contributed by atoms with Crippen molar-refractivity contribution in [3.63, 3.8) is 0 Å². The first-order valence-electron chi connectivity index (χ1n) is 6.46. The summed E-state index contributed by atoms with van der Waals surface area (Å²) in [7, 11) is 0. The van der Waals surface area contributed by atoms with Crippen LogP contribution in [-0.4, -0.2) is 16.2 Å². The minimum absolute atomic E-state index is 0.568. The molecule has 0 saturated heterocycles. The van der Waals surface area contributed by atoms with Gasteiger partial charge in [0, 0.05) is 17.3 Å². The Morgan fingerprint density at radius 1 is 1.33 bits per heavy atom. The van der Waals surface area contributed by atoms with E-state index < -0.39 is 0 Å². The van der Waals surface area contributed by atoms with Gasteiger partial charge in [-0.05, 0) is 37.0 Å². The molecule has 1 N–H and O–H groups in total. The Bertz CT molecular complexity index is 510. The van der Waals surface area contributed by atoms with Crippen LogP contribution < -0.4 is 5.32 Å². The molecule has 0 radical (unpaired) electrons. The van der Waals surface area contributed by atoms with Crippen LogP contribution in [0.5, 0.6) is 0 Å². The van der Waals surface area contributed by atoms with Gasteiger partial charge in [0.25, 0.3) is 0 Å². The summed E-state index contributed by atoms with van der Waals surface area (Å²) in [5, 5.41) is 11.2. The molecule has 2 aromatic rings. The molecular formula is C14H17N3O. The lowest BCUT2D eigenvalue weighted by molar-refractivity contribution is 0.556. The summed E-state index contributed by atoms with van der Waals surface area (Å²) in [6.07, 6.45) is 5.25. The van der Waals surface area contributed by atoms with E-state index in [9.17, 15) is 0 Å².